The van der Waals surface area contributed by atoms with Crippen LogP contribution in [0, 0.1) is 17.7 Å². The van der Waals surface area contributed by atoms with Crippen LogP contribution in [-0.4, -0.2) is 44.7 Å². The molecule has 1 aromatic rings. The van der Waals surface area contributed by atoms with E-state index in [9.17, 15) is 24.5 Å². The van der Waals surface area contributed by atoms with Gasteiger partial charge in [0.05, 0.1) is 18.3 Å². The number of carboxylic acid groups (broad SMARTS) is 1. The summed E-state index contributed by atoms with van der Waals surface area (Å²) in [5.74, 6) is -1.04. The van der Waals surface area contributed by atoms with E-state index in [1.54, 1.807) is 18.2 Å². The number of halogens is 1. The molecule has 1 aromatic carbocycles. The van der Waals surface area contributed by atoms with Gasteiger partial charge in [-0.2, -0.15) is 0 Å². The van der Waals surface area contributed by atoms with Crippen molar-refractivity contribution in [2.24, 2.45) is 11.8 Å². The highest BCUT2D eigenvalue weighted by atomic mass is 19.1. The number of unbranched alkanes of at least 4 members (excludes halogenated alkanes) is 3. The van der Waals surface area contributed by atoms with Crippen LogP contribution in [0.2, 0.25) is 0 Å². The largest absolute Gasteiger partial charge is 0.481 e. The lowest BCUT2D eigenvalue weighted by atomic mass is 9.84. The number of aliphatic hydroxyl groups is 3. The molecule has 0 heterocycles. The zero-order valence-electron chi connectivity index (χ0n) is 17.0. The number of aliphatic hydroxyl groups excluding tert-OH is 3. The summed E-state index contributed by atoms with van der Waals surface area (Å²) >= 11 is 0. The maximum atomic E-state index is 13.7. The second kappa shape index (κ2) is 12.3. The SMILES string of the molecule is O=C(O)CCCCCCC1[C@@H](CCC(O)CCc2ccccc2F)[C@H](O)C[C@@H]1O. The van der Waals surface area contributed by atoms with E-state index in [4.69, 9.17) is 5.11 Å². The molecule has 2 unspecified atom stereocenters. The monoisotopic (exact) mass is 410 g/mol. The zero-order chi connectivity index (χ0) is 21.2. The summed E-state index contributed by atoms with van der Waals surface area (Å²) in [6.07, 6.45) is 5.20. The molecule has 4 N–H and O–H groups in total. The van der Waals surface area contributed by atoms with Crippen LogP contribution in [-0.2, 0) is 11.2 Å². The second-order valence-electron chi connectivity index (χ2n) is 8.41. The molecular weight excluding hydrogens is 375 g/mol. The molecule has 2 rings (SSSR count). The Kier molecular flexibility index (Phi) is 10.0. The Balaban J connectivity index is 1.72. The van der Waals surface area contributed by atoms with Crippen molar-refractivity contribution in [3.05, 3.63) is 35.6 Å². The maximum absolute atomic E-state index is 13.7. The molecule has 0 aliphatic heterocycles. The fraction of sp³-hybridized carbons (Fsp3) is 0.696. The van der Waals surface area contributed by atoms with Crippen molar-refractivity contribution in [3.63, 3.8) is 0 Å². The molecule has 0 spiro atoms. The minimum Gasteiger partial charge on any atom is -0.481 e. The Bertz CT molecular complexity index is 623. The lowest BCUT2D eigenvalue weighted by molar-refractivity contribution is -0.137. The minimum absolute atomic E-state index is 0.0169. The fourth-order valence-corrected chi connectivity index (χ4v) is 4.54. The van der Waals surface area contributed by atoms with E-state index in [2.05, 4.69) is 0 Å². The molecule has 1 aliphatic carbocycles. The average molecular weight is 411 g/mol. The molecule has 5 nitrogen and oxygen atoms in total. The molecule has 1 aliphatic rings. The van der Waals surface area contributed by atoms with Gasteiger partial charge in [-0.25, -0.2) is 4.39 Å². The Morgan fingerprint density at radius 2 is 1.66 bits per heavy atom. The van der Waals surface area contributed by atoms with Crippen molar-refractivity contribution in [1.29, 1.82) is 0 Å². The molecule has 6 heteroatoms. The number of aliphatic carboxylic acids is 1. The first-order valence-corrected chi connectivity index (χ1v) is 10.9. The predicted molar refractivity (Wildman–Crippen MR) is 109 cm³/mol. The molecule has 0 bridgehead atoms. The average Bonchev–Trinajstić information content (AvgIpc) is 2.94. The van der Waals surface area contributed by atoms with Gasteiger partial charge in [-0.15, -0.1) is 0 Å². The summed E-state index contributed by atoms with van der Waals surface area (Å²) in [5.41, 5.74) is 0.601. The number of benzene rings is 1. The third-order valence-electron chi connectivity index (χ3n) is 6.24. The quantitative estimate of drug-likeness (QED) is 0.372. The first kappa shape index (κ1) is 23.8. The minimum atomic E-state index is -0.770. The van der Waals surface area contributed by atoms with E-state index < -0.39 is 24.3 Å². The Labute approximate surface area is 172 Å². The lowest BCUT2D eigenvalue weighted by Crippen LogP contribution is -2.24. The van der Waals surface area contributed by atoms with Gasteiger partial charge in [-0.3, -0.25) is 4.79 Å². The van der Waals surface area contributed by atoms with Gasteiger partial charge >= 0.3 is 5.97 Å². The summed E-state index contributed by atoms with van der Waals surface area (Å²) in [5, 5.41) is 39.6. The number of hydrogen-bond donors (Lipinski definition) is 4. The molecule has 0 radical (unpaired) electrons. The van der Waals surface area contributed by atoms with Gasteiger partial charge in [0.1, 0.15) is 5.82 Å². The zero-order valence-corrected chi connectivity index (χ0v) is 17.0. The second-order valence-corrected chi connectivity index (χ2v) is 8.41. The van der Waals surface area contributed by atoms with Gasteiger partial charge in [0.25, 0.3) is 0 Å². The molecule has 0 amide bonds. The van der Waals surface area contributed by atoms with Crippen LogP contribution in [0.4, 0.5) is 4.39 Å². The van der Waals surface area contributed by atoms with Gasteiger partial charge in [-0.05, 0) is 68.4 Å². The molecule has 164 valence electrons. The highest BCUT2D eigenvalue weighted by Crippen LogP contribution is 2.39. The van der Waals surface area contributed by atoms with Crippen molar-refractivity contribution < 1.29 is 29.6 Å². The smallest absolute Gasteiger partial charge is 0.303 e. The van der Waals surface area contributed by atoms with Crippen molar-refractivity contribution in [2.45, 2.75) is 88.9 Å². The predicted octanol–water partition coefficient (Wildman–Crippen LogP) is 3.68. The number of carboxylic acids is 1. The molecule has 5 atom stereocenters. The lowest BCUT2D eigenvalue weighted by Gasteiger charge is -2.24. The third kappa shape index (κ3) is 8.03. The molecule has 0 saturated heterocycles. The first-order chi connectivity index (χ1) is 13.9. The highest BCUT2D eigenvalue weighted by Gasteiger charge is 2.40. The molecule has 29 heavy (non-hydrogen) atoms. The van der Waals surface area contributed by atoms with Crippen LogP contribution >= 0.6 is 0 Å². The summed E-state index contributed by atoms with van der Waals surface area (Å²) in [6, 6.07) is 6.58. The first-order valence-electron chi connectivity index (χ1n) is 10.9. The Morgan fingerprint density at radius 1 is 1.00 bits per heavy atom. The maximum Gasteiger partial charge on any atom is 0.303 e. The van der Waals surface area contributed by atoms with E-state index >= 15 is 0 Å². The van der Waals surface area contributed by atoms with Crippen LogP contribution in [0.5, 0.6) is 0 Å². The molecule has 1 saturated carbocycles. The van der Waals surface area contributed by atoms with E-state index in [-0.39, 0.29) is 24.1 Å². The van der Waals surface area contributed by atoms with Crippen LogP contribution < -0.4 is 0 Å². The van der Waals surface area contributed by atoms with E-state index in [0.717, 1.165) is 25.7 Å². The number of rotatable bonds is 13. The van der Waals surface area contributed by atoms with Crippen LogP contribution in [0.1, 0.15) is 69.8 Å². The van der Waals surface area contributed by atoms with Gasteiger partial charge < -0.3 is 20.4 Å². The fourth-order valence-electron chi connectivity index (χ4n) is 4.54. The van der Waals surface area contributed by atoms with Crippen LogP contribution in [0.15, 0.2) is 24.3 Å². The van der Waals surface area contributed by atoms with E-state index in [1.807, 2.05) is 0 Å². The summed E-state index contributed by atoms with van der Waals surface area (Å²) in [7, 11) is 0. The van der Waals surface area contributed by atoms with Gasteiger partial charge in [0.2, 0.25) is 0 Å². The highest BCUT2D eigenvalue weighted by molar-refractivity contribution is 5.66. The third-order valence-corrected chi connectivity index (χ3v) is 6.24. The Morgan fingerprint density at radius 3 is 2.34 bits per heavy atom. The molecule has 1 fully saturated rings. The van der Waals surface area contributed by atoms with Gasteiger partial charge in [0, 0.05) is 6.42 Å². The van der Waals surface area contributed by atoms with Crippen molar-refractivity contribution >= 4 is 5.97 Å². The number of carbonyl (C=O) groups is 1. The standard InChI is InChI=1S/C23H35FO5/c24-20-9-6-5-7-16(20)11-12-17(25)13-14-19-18(21(26)15-22(19)27)8-3-1-2-4-10-23(28)29/h5-7,9,17-19,21-22,25-27H,1-4,8,10-15H2,(H,28,29)/t17?,18?,19-,21+,22-/m1/s1. The molecular formula is C23H35FO5. The Hall–Kier alpha value is -1.50. The van der Waals surface area contributed by atoms with Crippen molar-refractivity contribution in [2.75, 3.05) is 0 Å². The summed E-state index contributed by atoms with van der Waals surface area (Å²) in [4.78, 5) is 10.5. The summed E-state index contributed by atoms with van der Waals surface area (Å²) < 4.78 is 13.7. The molecule has 0 aromatic heterocycles. The number of aryl methyl sites for hydroxylation is 1. The topological polar surface area (TPSA) is 98.0 Å². The van der Waals surface area contributed by atoms with Crippen molar-refractivity contribution in [3.8, 4) is 0 Å². The normalized spacial score (nSPS) is 25.2. The number of hydrogen-bond acceptors (Lipinski definition) is 4. The van der Waals surface area contributed by atoms with E-state index in [1.165, 1.54) is 6.07 Å². The van der Waals surface area contributed by atoms with Crippen LogP contribution in [0.3, 0.4) is 0 Å². The van der Waals surface area contributed by atoms with Gasteiger partial charge in [-0.1, -0.05) is 37.5 Å². The van der Waals surface area contributed by atoms with E-state index in [0.29, 0.717) is 44.1 Å². The summed E-state index contributed by atoms with van der Waals surface area (Å²) in [6.45, 7) is 0. The van der Waals surface area contributed by atoms with Crippen LogP contribution in [0.25, 0.3) is 0 Å². The van der Waals surface area contributed by atoms with Gasteiger partial charge in [0.15, 0.2) is 0 Å². The van der Waals surface area contributed by atoms with Crippen molar-refractivity contribution in [1.82, 2.24) is 0 Å².